The molecule has 0 spiro atoms. The van der Waals surface area contributed by atoms with E-state index in [-0.39, 0.29) is 5.56 Å². The zero-order valence-electron chi connectivity index (χ0n) is 10.3. The molecule has 0 radical (unpaired) electrons. The largest absolute Gasteiger partial charge is 0.322 e. The molecule has 96 valence electrons. The van der Waals surface area contributed by atoms with Crippen molar-refractivity contribution in [1.29, 1.82) is 0 Å². The number of pyridine rings is 1. The summed E-state index contributed by atoms with van der Waals surface area (Å²) in [5.74, 6) is 0. The Morgan fingerprint density at radius 3 is 2.89 bits per heavy atom. The molecule has 0 saturated carbocycles. The van der Waals surface area contributed by atoms with Gasteiger partial charge >= 0.3 is 0 Å². The molecule has 0 aliphatic heterocycles. The topological polar surface area (TPSA) is 73.6 Å². The molecule has 0 aliphatic rings. The molecule has 2 heterocycles. The Morgan fingerprint density at radius 2 is 2.05 bits per heavy atom. The van der Waals surface area contributed by atoms with E-state index in [9.17, 15) is 4.79 Å². The van der Waals surface area contributed by atoms with Crippen LogP contribution in [0.2, 0.25) is 0 Å². The fraction of sp³-hybridized carbons (Fsp3) is 0.143. The Labute approximate surface area is 109 Å². The number of hydrogen-bond acceptors (Lipinski definition) is 3. The molecule has 0 aliphatic carbocycles. The van der Waals surface area contributed by atoms with Crippen LogP contribution in [0.1, 0.15) is 11.3 Å². The number of H-pyrrole nitrogens is 2. The molecule has 19 heavy (non-hydrogen) atoms. The molecule has 0 unspecified atom stereocenters. The number of fused-ring (bicyclic) bond motifs is 1. The van der Waals surface area contributed by atoms with E-state index in [1.54, 1.807) is 6.20 Å². The molecule has 2 aromatic heterocycles. The third-order valence-corrected chi connectivity index (χ3v) is 3.02. The number of nitrogens with one attached hydrogen (secondary N) is 3. The Bertz CT molecular complexity index is 731. The maximum Gasteiger partial charge on any atom is 0.252 e. The van der Waals surface area contributed by atoms with Gasteiger partial charge in [0.1, 0.15) is 0 Å². The number of hydrogen-bond donors (Lipinski definition) is 3. The molecule has 0 amide bonds. The van der Waals surface area contributed by atoms with Gasteiger partial charge in [-0.05, 0) is 23.6 Å². The minimum atomic E-state index is -0.0455. The fourth-order valence-corrected chi connectivity index (χ4v) is 2.04. The number of nitrogens with zero attached hydrogens (tertiary/aromatic N) is 1. The third kappa shape index (κ3) is 2.56. The predicted octanol–water partition coefficient (Wildman–Crippen LogP) is 1.54. The van der Waals surface area contributed by atoms with Gasteiger partial charge in [0.2, 0.25) is 0 Å². The van der Waals surface area contributed by atoms with Gasteiger partial charge in [-0.2, -0.15) is 5.10 Å². The van der Waals surface area contributed by atoms with E-state index in [0.717, 1.165) is 22.2 Å². The van der Waals surface area contributed by atoms with Gasteiger partial charge in [-0.3, -0.25) is 9.89 Å². The molecule has 5 heteroatoms. The first-order chi connectivity index (χ1) is 9.33. The van der Waals surface area contributed by atoms with Crippen molar-refractivity contribution in [3.8, 4) is 0 Å². The van der Waals surface area contributed by atoms with Crippen LogP contribution in [0.3, 0.4) is 0 Å². The number of rotatable bonds is 4. The summed E-state index contributed by atoms with van der Waals surface area (Å²) in [4.78, 5) is 14.8. The van der Waals surface area contributed by atoms with Gasteiger partial charge in [0.15, 0.2) is 0 Å². The molecule has 1 aromatic carbocycles. The van der Waals surface area contributed by atoms with Crippen LogP contribution in [0.5, 0.6) is 0 Å². The third-order valence-electron chi connectivity index (χ3n) is 3.02. The van der Waals surface area contributed by atoms with Crippen LogP contribution in [0.25, 0.3) is 10.9 Å². The molecule has 0 atom stereocenters. The van der Waals surface area contributed by atoms with E-state index in [0.29, 0.717) is 13.1 Å². The van der Waals surface area contributed by atoms with Crippen LogP contribution in [-0.2, 0) is 13.1 Å². The minimum absolute atomic E-state index is 0.0455. The summed E-state index contributed by atoms with van der Waals surface area (Å²) in [7, 11) is 0. The Morgan fingerprint density at radius 1 is 1.16 bits per heavy atom. The summed E-state index contributed by atoms with van der Waals surface area (Å²) in [6.45, 7) is 1.19. The average molecular weight is 254 g/mol. The van der Waals surface area contributed by atoms with Crippen molar-refractivity contribution < 1.29 is 0 Å². The van der Waals surface area contributed by atoms with Gasteiger partial charge in [-0.25, -0.2) is 0 Å². The van der Waals surface area contributed by atoms with Crippen molar-refractivity contribution >= 4 is 10.9 Å². The first-order valence-electron chi connectivity index (χ1n) is 6.13. The van der Waals surface area contributed by atoms with Gasteiger partial charge in [-0.1, -0.05) is 18.2 Å². The summed E-state index contributed by atoms with van der Waals surface area (Å²) in [6.07, 6.45) is 1.71. The minimum Gasteiger partial charge on any atom is -0.322 e. The molecule has 0 bridgehead atoms. The lowest BCUT2D eigenvalue weighted by Crippen LogP contribution is -2.20. The van der Waals surface area contributed by atoms with Crippen LogP contribution >= 0.6 is 0 Å². The first kappa shape index (κ1) is 11.7. The van der Waals surface area contributed by atoms with Crippen molar-refractivity contribution in [3.63, 3.8) is 0 Å². The monoisotopic (exact) mass is 254 g/mol. The van der Waals surface area contributed by atoms with E-state index in [1.165, 1.54) is 0 Å². The Hall–Kier alpha value is -2.40. The number of benzene rings is 1. The summed E-state index contributed by atoms with van der Waals surface area (Å²) in [5.41, 5.74) is 2.55. The highest BCUT2D eigenvalue weighted by atomic mass is 16.1. The van der Waals surface area contributed by atoms with Crippen LogP contribution in [0, 0.1) is 0 Å². The first-order valence-corrected chi connectivity index (χ1v) is 6.13. The van der Waals surface area contributed by atoms with Crippen LogP contribution in [0.4, 0.5) is 0 Å². The van der Waals surface area contributed by atoms with Gasteiger partial charge in [-0.15, -0.1) is 0 Å². The molecule has 3 N–H and O–H groups in total. The van der Waals surface area contributed by atoms with Crippen molar-refractivity contribution in [2.24, 2.45) is 0 Å². The van der Waals surface area contributed by atoms with E-state index in [4.69, 9.17) is 0 Å². The average Bonchev–Trinajstić information content (AvgIpc) is 2.92. The SMILES string of the molecule is O=c1[nH]c2ccccc2cc1CNCc1ccn[nH]1. The molecule has 3 aromatic rings. The van der Waals surface area contributed by atoms with Crippen LogP contribution < -0.4 is 10.9 Å². The molecule has 3 rings (SSSR count). The van der Waals surface area contributed by atoms with E-state index in [1.807, 2.05) is 36.4 Å². The van der Waals surface area contributed by atoms with Crippen molar-refractivity contribution in [2.75, 3.05) is 0 Å². The number of aromatic nitrogens is 3. The van der Waals surface area contributed by atoms with E-state index in [2.05, 4.69) is 20.5 Å². The lowest BCUT2D eigenvalue weighted by atomic mass is 10.1. The van der Waals surface area contributed by atoms with Gasteiger partial charge in [0.05, 0.1) is 0 Å². The van der Waals surface area contributed by atoms with Crippen LogP contribution in [-0.4, -0.2) is 15.2 Å². The van der Waals surface area contributed by atoms with Crippen molar-refractivity contribution in [1.82, 2.24) is 20.5 Å². The van der Waals surface area contributed by atoms with E-state index < -0.39 is 0 Å². The normalized spacial score (nSPS) is 10.9. The standard InChI is InChI=1S/C14H14N4O/c19-14-11(8-15-9-12-5-6-16-18-12)7-10-3-1-2-4-13(10)17-14/h1-7,15H,8-9H2,(H,16,18)(H,17,19). The smallest absolute Gasteiger partial charge is 0.252 e. The second kappa shape index (κ2) is 5.07. The van der Waals surface area contributed by atoms with Crippen molar-refractivity contribution in [2.45, 2.75) is 13.1 Å². The summed E-state index contributed by atoms with van der Waals surface area (Å²) >= 11 is 0. The summed E-state index contributed by atoms with van der Waals surface area (Å²) in [5, 5.41) is 11.0. The van der Waals surface area contributed by atoms with Gasteiger partial charge < -0.3 is 10.3 Å². The maximum atomic E-state index is 11.9. The fourth-order valence-electron chi connectivity index (χ4n) is 2.04. The molecule has 0 fully saturated rings. The van der Waals surface area contributed by atoms with Gasteiger partial charge in [0.25, 0.3) is 5.56 Å². The number of para-hydroxylation sites is 1. The van der Waals surface area contributed by atoms with E-state index >= 15 is 0 Å². The number of aromatic amines is 2. The lowest BCUT2D eigenvalue weighted by Gasteiger charge is -2.04. The second-order valence-corrected chi connectivity index (χ2v) is 4.40. The highest BCUT2D eigenvalue weighted by Gasteiger charge is 2.02. The maximum absolute atomic E-state index is 11.9. The van der Waals surface area contributed by atoms with Gasteiger partial charge in [0, 0.05) is 36.1 Å². The summed E-state index contributed by atoms with van der Waals surface area (Å²) in [6, 6.07) is 11.6. The summed E-state index contributed by atoms with van der Waals surface area (Å²) < 4.78 is 0. The highest BCUT2D eigenvalue weighted by molar-refractivity contribution is 5.78. The zero-order chi connectivity index (χ0) is 13.1. The lowest BCUT2D eigenvalue weighted by molar-refractivity contribution is 0.673. The molecule has 5 nitrogen and oxygen atoms in total. The van der Waals surface area contributed by atoms with Crippen LogP contribution in [0.15, 0.2) is 47.4 Å². The quantitative estimate of drug-likeness (QED) is 0.661. The Kier molecular flexibility index (Phi) is 3.12. The van der Waals surface area contributed by atoms with Crippen molar-refractivity contribution in [3.05, 3.63) is 64.2 Å². The molecular formula is C14H14N4O. The zero-order valence-corrected chi connectivity index (χ0v) is 10.3. The highest BCUT2D eigenvalue weighted by Crippen LogP contribution is 2.09. The molecular weight excluding hydrogens is 240 g/mol. The molecule has 0 saturated heterocycles. The predicted molar refractivity (Wildman–Crippen MR) is 73.7 cm³/mol. The Balaban J connectivity index is 1.77. The second-order valence-electron chi connectivity index (χ2n) is 4.40.